The van der Waals surface area contributed by atoms with Gasteiger partial charge in [-0.25, -0.2) is 13.1 Å². The number of hydrogen-bond donors (Lipinski definition) is 1. The lowest BCUT2D eigenvalue weighted by Gasteiger charge is -2.37. The zero-order valence-corrected chi connectivity index (χ0v) is 12.2. The maximum atomic E-state index is 12.4. The van der Waals surface area contributed by atoms with Gasteiger partial charge < -0.3 is 4.74 Å². The van der Waals surface area contributed by atoms with E-state index in [0.29, 0.717) is 31.9 Å². The van der Waals surface area contributed by atoms with Gasteiger partial charge in [0.25, 0.3) is 0 Å². The molecule has 1 N–H and O–H groups in total. The van der Waals surface area contributed by atoms with Crippen molar-refractivity contribution in [1.82, 2.24) is 4.72 Å². The van der Waals surface area contributed by atoms with Gasteiger partial charge in [-0.3, -0.25) is 0 Å². The van der Waals surface area contributed by atoms with E-state index in [4.69, 9.17) is 16.3 Å². The first kappa shape index (κ1) is 14.6. The fourth-order valence-corrected chi connectivity index (χ4v) is 5.20. The first-order chi connectivity index (χ1) is 8.58. The Morgan fingerprint density at radius 2 is 1.78 bits per heavy atom. The van der Waals surface area contributed by atoms with Crippen LogP contribution in [-0.4, -0.2) is 38.3 Å². The van der Waals surface area contributed by atoms with Crippen molar-refractivity contribution in [2.45, 2.75) is 55.7 Å². The second kappa shape index (κ2) is 6.07. The SMILES string of the molecule is O=S(=O)(NC1(CCl)CCOCC1)C1CCCCC1. The summed E-state index contributed by atoms with van der Waals surface area (Å²) < 4.78 is 33.0. The fourth-order valence-electron chi connectivity index (χ4n) is 2.79. The third-order valence-corrected chi connectivity index (χ3v) is 6.63. The Morgan fingerprint density at radius 3 is 2.33 bits per heavy atom. The molecule has 0 aromatic heterocycles. The summed E-state index contributed by atoms with van der Waals surface area (Å²) in [6.07, 6.45) is 6.09. The summed E-state index contributed by atoms with van der Waals surface area (Å²) in [6, 6.07) is 0. The van der Waals surface area contributed by atoms with Gasteiger partial charge in [0.05, 0.1) is 10.8 Å². The van der Waals surface area contributed by atoms with Crippen LogP contribution in [0.3, 0.4) is 0 Å². The maximum absolute atomic E-state index is 12.4. The molecule has 1 heterocycles. The molecule has 18 heavy (non-hydrogen) atoms. The Bertz CT molecular complexity index is 360. The number of ether oxygens (including phenoxy) is 1. The third kappa shape index (κ3) is 3.38. The lowest BCUT2D eigenvalue weighted by atomic mass is 9.94. The highest BCUT2D eigenvalue weighted by molar-refractivity contribution is 7.90. The van der Waals surface area contributed by atoms with Crippen molar-refractivity contribution in [3.63, 3.8) is 0 Å². The van der Waals surface area contributed by atoms with Crippen LogP contribution in [0.1, 0.15) is 44.9 Å². The van der Waals surface area contributed by atoms with Crippen LogP contribution in [0.4, 0.5) is 0 Å². The molecule has 1 saturated heterocycles. The lowest BCUT2D eigenvalue weighted by molar-refractivity contribution is 0.0547. The highest BCUT2D eigenvalue weighted by Crippen LogP contribution is 2.28. The summed E-state index contributed by atoms with van der Waals surface area (Å²) in [5, 5.41) is -0.228. The monoisotopic (exact) mass is 295 g/mol. The molecule has 4 nitrogen and oxygen atoms in total. The van der Waals surface area contributed by atoms with E-state index < -0.39 is 15.6 Å². The van der Waals surface area contributed by atoms with Crippen LogP contribution in [0, 0.1) is 0 Å². The van der Waals surface area contributed by atoms with E-state index in [1.807, 2.05) is 0 Å². The normalized spacial score (nSPS) is 26.1. The van der Waals surface area contributed by atoms with Crippen molar-refractivity contribution in [2.24, 2.45) is 0 Å². The van der Waals surface area contributed by atoms with Gasteiger partial charge in [-0.05, 0) is 25.7 Å². The summed E-state index contributed by atoms with van der Waals surface area (Å²) in [5.74, 6) is 0.322. The van der Waals surface area contributed by atoms with Crippen molar-refractivity contribution in [3.8, 4) is 0 Å². The van der Waals surface area contributed by atoms with E-state index in [-0.39, 0.29) is 5.25 Å². The minimum absolute atomic E-state index is 0.228. The molecule has 1 saturated carbocycles. The predicted octanol–water partition coefficient (Wildman–Crippen LogP) is 2.03. The van der Waals surface area contributed by atoms with Crippen LogP contribution < -0.4 is 4.72 Å². The highest BCUT2D eigenvalue weighted by Gasteiger charge is 2.38. The molecule has 1 aliphatic heterocycles. The fraction of sp³-hybridized carbons (Fsp3) is 1.00. The highest BCUT2D eigenvalue weighted by atomic mass is 35.5. The van der Waals surface area contributed by atoms with Crippen molar-refractivity contribution in [2.75, 3.05) is 19.1 Å². The first-order valence-corrected chi connectivity index (χ1v) is 8.83. The summed E-state index contributed by atoms with van der Waals surface area (Å²) >= 11 is 6.00. The number of hydrogen-bond acceptors (Lipinski definition) is 3. The quantitative estimate of drug-likeness (QED) is 0.808. The molecule has 0 bridgehead atoms. The van der Waals surface area contributed by atoms with Gasteiger partial charge in [0.2, 0.25) is 10.0 Å². The summed E-state index contributed by atoms with van der Waals surface area (Å²) in [5.41, 5.74) is -0.490. The summed E-state index contributed by atoms with van der Waals surface area (Å²) in [7, 11) is -3.24. The Kier molecular flexibility index (Phi) is 4.92. The predicted molar refractivity (Wildman–Crippen MR) is 72.4 cm³/mol. The molecular weight excluding hydrogens is 274 g/mol. The van der Waals surface area contributed by atoms with Gasteiger partial charge in [0.1, 0.15) is 0 Å². The maximum Gasteiger partial charge on any atom is 0.215 e. The van der Waals surface area contributed by atoms with Gasteiger partial charge in [0, 0.05) is 19.1 Å². The molecular formula is C12H22ClNO3S. The number of halogens is 1. The molecule has 2 rings (SSSR count). The molecule has 2 fully saturated rings. The third-order valence-electron chi connectivity index (χ3n) is 4.06. The van der Waals surface area contributed by atoms with E-state index in [1.165, 1.54) is 0 Å². The molecule has 6 heteroatoms. The van der Waals surface area contributed by atoms with Gasteiger partial charge in [-0.15, -0.1) is 11.6 Å². The van der Waals surface area contributed by atoms with Crippen LogP contribution >= 0.6 is 11.6 Å². The summed E-state index contributed by atoms with van der Waals surface area (Å²) in [4.78, 5) is 0. The van der Waals surface area contributed by atoms with Crippen LogP contribution in [0.25, 0.3) is 0 Å². The molecule has 0 aromatic rings. The average Bonchev–Trinajstić information content (AvgIpc) is 2.40. The molecule has 0 spiro atoms. The average molecular weight is 296 g/mol. The van der Waals surface area contributed by atoms with E-state index in [2.05, 4.69) is 4.72 Å². The number of alkyl halides is 1. The second-order valence-corrected chi connectivity index (χ2v) is 7.66. The van der Waals surface area contributed by atoms with Crippen LogP contribution in [-0.2, 0) is 14.8 Å². The standard InChI is InChI=1S/C12H22ClNO3S/c13-10-12(6-8-17-9-7-12)14-18(15,16)11-4-2-1-3-5-11/h11,14H,1-10H2. The second-order valence-electron chi connectivity index (χ2n) is 5.43. The molecule has 0 atom stereocenters. The van der Waals surface area contributed by atoms with E-state index in [1.54, 1.807) is 0 Å². The first-order valence-electron chi connectivity index (χ1n) is 6.74. The zero-order valence-electron chi connectivity index (χ0n) is 10.7. The Labute approximate surface area is 114 Å². The van der Waals surface area contributed by atoms with Crippen LogP contribution in [0.5, 0.6) is 0 Å². The number of sulfonamides is 1. The molecule has 0 amide bonds. The van der Waals surface area contributed by atoms with Gasteiger partial charge >= 0.3 is 0 Å². The molecule has 2 aliphatic rings. The topological polar surface area (TPSA) is 55.4 Å². The summed E-state index contributed by atoms with van der Waals surface area (Å²) in [6.45, 7) is 1.17. The largest absolute Gasteiger partial charge is 0.381 e. The van der Waals surface area contributed by atoms with Crippen molar-refractivity contribution in [3.05, 3.63) is 0 Å². The van der Waals surface area contributed by atoms with Crippen molar-refractivity contribution < 1.29 is 13.2 Å². The van der Waals surface area contributed by atoms with Gasteiger partial charge in [-0.2, -0.15) is 0 Å². The van der Waals surface area contributed by atoms with Gasteiger partial charge in [0.15, 0.2) is 0 Å². The van der Waals surface area contributed by atoms with Crippen LogP contribution in [0.2, 0.25) is 0 Å². The molecule has 1 aliphatic carbocycles. The minimum Gasteiger partial charge on any atom is -0.381 e. The Hall–Kier alpha value is 0.160. The van der Waals surface area contributed by atoms with E-state index in [9.17, 15) is 8.42 Å². The van der Waals surface area contributed by atoms with Gasteiger partial charge in [-0.1, -0.05) is 19.3 Å². The molecule has 0 radical (unpaired) electrons. The Balaban J connectivity index is 2.05. The molecule has 0 unspecified atom stereocenters. The van der Waals surface area contributed by atoms with E-state index >= 15 is 0 Å². The number of nitrogens with one attached hydrogen (secondary N) is 1. The van der Waals surface area contributed by atoms with Crippen LogP contribution in [0.15, 0.2) is 0 Å². The molecule has 106 valence electrons. The zero-order chi connectivity index (χ0) is 13.1. The molecule has 0 aromatic carbocycles. The number of rotatable bonds is 4. The van der Waals surface area contributed by atoms with Crippen molar-refractivity contribution >= 4 is 21.6 Å². The smallest absolute Gasteiger partial charge is 0.215 e. The minimum atomic E-state index is -3.24. The lowest BCUT2D eigenvalue weighted by Crippen LogP contribution is -2.55. The van der Waals surface area contributed by atoms with E-state index in [0.717, 1.165) is 32.1 Å². The van der Waals surface area contributed by atoms with Crippen molar-refractivity contribution in [1.29, 1.82) is 0 Å². The Morgan fingerprint density at radius 1 is 1.17 bits per heavy atom.